The van der Waals surface area contributed by atoms with Crippen LogP contribution in [0.3, 0.4) is 0 Å². The maximum Gasteiger partial charge on any atom is 0.433 e. The molecule has 0 bridgehead atoms. The SMILES string of the molecule is FC(F)(F)c1cc2ccccc2c(NCCN2CCC3CCCCC3C2)n1. The molecule has 1 aliphatic carbocycles. The summed E-state index contributed by atoms with van der Waals surface area (Å²) in [4.78, 5) is 6.32. The van der Waals surface area contributed by atoms with Gasteiger partial charge in [-0.2, -0.15) is 13.2 Å². The molecule has 2 heterocycles. The van der Waals surface area contributed by atoms with Crippen molar-refractivity contribution in [2.75, 3.05) is 31.5 Å². The molecule has 146 valence electrons. The molecule has 0 spiro atoms. The Bertz CT molecular complexity index is 790. The van der Waals surface area contributed by atoms with Gasteiger partial charge in [-0.1, -0.05) is 43.5 Å². The van der Waals surface area contributed by atoms with Gasteiger partial charge >= 0.3 is 6.18 Å². The molecule has 0 amide bonds. The van der Waals surface area contributed by atoms with Crippen molar-refractivity contribution in [3.63, 3.8) is 0 Å². The molecule has 1 aromatic heterocycles. The lowest BCUT2D eigenvalue weighted by Gasteiger charge is -2.41. The van der Waals surface area contributed by atoms with Gasteiger partial charge in [-0.3, -0.25) is 0 Å². The minimum Gasteiger partial charge on any atom is -0.368 e. The van der Waals surface area contributed by atoms with Crippen molar-refractivity contribution in [3.05, 3.63) is 36.0 Å². The average molecular weight is 377 g/mol. The van der Waals surface area contributed by atoms with Crippen molar-refractivity contribution in [1.82, 2.24) is 9.88 Å². The summed E-state index contributed by atoms with van der Waals surface area (Å²) < 4.78 is 39.5. The fourth-order valence-electron chi connectivity index (χ4n) is 4.69. The van der Waals surface area contributed by atoms with Crippen LogP contribution < -0.4 is 5.32 Å². The molecule has 2 aromatic rings. The second-order valence-electron chi connectivity index (χ2n) is 7.90. The summed E-state index contributed by atoms with van der Waals surface area (Å²) in [6.45, 7) is 3.67. The van der Waals surface area contributed by atoms with Crippen LogP contribution in [0.4, 0.5) is 19.0 Å². The molecule has 2 unspecified atom stereocenters. The number of hydrogen-bond donors (Lipinski definition) is 1. The van der Waals surface area contributed by atoms with Crippen molar-refractivity contribution >= 4 is 16.6 Å². The van der Waals surface area contributed by atoms with Crippen molar-refractivity contribution in [2.45, 2.75) is 38.3 Å². The van der Waals surface area contributed by atoms with Crippen molar-refractivity contribution in [3.8, 4) is 0 Å². The van der Waals surface area contributed by atoms with Crippen LogP contribution in [-0.4, -0.2) is 36.1 Å². The summed E-state index contributed by atoms with van der Waals surface area (Å²) in [6, 6.07) is 8.22. The zero-order valence-corrected chi connectivity index (χ0v) is 15.4. The Morgan fingerprint density at radius 2 is 1.85 bits per heavy atom. The molecule has 27 heavy (non-hydrogen) atoms. The molecule has 4 rings (SSSR count). The number of anilines is 1. The average Bonchev–Trinajstić information content (AvgIpc) is 2.67. The quantitative estimate of drug-likeness (QED) is 0.796. The van der Waals surface area contributed by atoms with E-state index in [1.807, 2.05) is 12.1 Å². The second kappa shape index (κ2) is 7.66. The first-order chi connectivity index (χ1) is 13.0. The van der Waals surface area contributed by atoms with Gasteiger partial charge in [-0.25, -0.2) is 4.98 Å². The molecular weight excluding hydrogens is 351 g/mol. The van der Waals surface area contributed by atoms with Crippen molar-refractivity contribution in [2.24, 2.45) is 11.8 Å². The van der Waals surface area contributed by atoms with Gasteiger partial charge in [0.2, 0.25) is 0 Å². The maximum absolute atomic E-state index is 13.2. The second-order valence-corrected chi connectivity index (χ2v) is 7.90. The number of pyridine rings is 1. The summed E-state index contributed by atoms with van der Waals surface area (Å²) in [5.74, 6) is 2.02. The number of alkyl halides is 3. The topological polar surface area (TPSA) is 28.2 Å². The highest BCUT2D eigenvalue weighted by atomic mass is 19.4. The maximum atomic E-state index is 13.2. The molecule has 1 N–H and O–H groups in total. The zero-order valence-electron chi connectivity index (χ0n) is 15.4. The Morgan fingerprint density at radius 1 is 1.07 bits per heavy atom. The van der Waals surface area contributed by atoms with E-state index in [1.165, 1.54) is 32.1 Å². The number of likely N-dealkylation sites (tertiary alicyclic amines) is 1. The van der Waals surface area contributed by atoms with E-state index < -0.39 is 11.9 Å². The van der Waals surface area contributed by atoms with Gasteiger partial charge in [0.05, 0.1) is 0 Å². The van der Waals surface area contributed by atoms with Gasteiger partial charge < -0.3 is 10.2 Å². The number of fused-ring (bicyclic) bond motifs is 2. The van der Waals surface area contributed by atoms with Gasteiger partial charge in [0.25, 0.3) is 0 Å². The third kappa shape index (κ3) is 4.21. The predicted octanol–water partition coefficient (Wildman–Crippen LogP) is 5.18. The van der Waals surface area contributed by atoms with E-state index in [1.54, 1.807) is 12.1 Å². The molecule has 1 aromatic carbocycles. The van der Waals surface area contributed by atoms with Crippen LogP contribution in [0.15, 0.2) is 30.3 Å². The Hall–Kier alpha value is -1.82. The van der Waals surface area contributed by atoms with E-state index in [0.717, 1.165) is 42.9 Å². The van der Waals surface area contributed by atoms with Crippen LogP contribution in [0.2, 0.25) is 0 Å². The summed E-state index contributed by atoms with van der Waals surface area (Å²) in [5.41, 5.74) is -0.841. The molecule has 0 radical (unpaired) electrons. The molecule has 1 aliphatic heterocycles. The number of halogens is 3. The van der Waals surface area contributed by atoms with Crippen LogP contribution in [-0.2, 0) is 6.18 Å². The Labute approximate surface area is 158 Å². The highest BCUT2D eigenvalue weighted by Crippen LogP contribution is 2.36. The van der Waals surface area contributed by atoms with E-state index in [2.05, 4.69) is 15.2 Å². The summed E-state index contributed by atoms with van der Waals surface area (Å²) in [6.07, 6.45) is 2.23. The predicted molar refractivity (Wildman–Crippen MR) is 102 cm³/mol. The number of nitrogens with one attached hydrogen (secondary N) is 1. The molecule has 2 fully saturated rings. The standard InChI is InChI=1S/C21H26F3N3/c22-21(23,24)19-13-16-6-3-4-8-18(16)20(26-19)25-10-12-27-11-9-15-5-1-2-7-17(15)14-27/h3-4,6,8,13,15,17H,1-2,5,7,9-12,14H2,(H,25,26). The van der Waals surface area contributed by atoms with Crippen molar-refractivity contribution in [1.29, 1.82) is 0 Å². The van der Waals surface area contributed by atoms with Gasteiger partial charge in [0.1, 0.15) is 11.5 Å². The van der Waals surface area contributed by atoms with Crippen LogP contribution >= 0.6 is 0 Å². The van der Waals surface area contributed by atoms with E-state index in [0.29, 0.717) is 17.7 Å². The molecule has 2 atom stereocenters. The molecule has 3 nitrogen and oxygen atoms in total. The lowest BCUT2D eigenvalue weighted by atomic mass is 9.75. The minimum absolute atomic E-state index is 0.327. The van der Waals surface area contributed by atoms with E-state index in [4.69, 9.17) is 0 Å². The van der Waals surface area contributed by atoms with Crippen LogP contribution in [0.25, 0.3) is 10.8 Å². The number of nitrogens with zero attached hydrogens (tertiary/aromatic N) is 2. The fourth-order valence-corrected chi connectivity index (χ4v) is 4.69. The van der Waals surface area contributed by atoms with E-state index in [9.17, 15) is 13.2 Å². The van der Waals surface area contributed by atoms with Crippen LogP contribution in [0.1, 0.15) is 37.8 Å². The number of hydrogen-bond acceptors (Lipinski definition) is 3. The molecule has 1 saturated heterocycles. The highest BCUT2D eigenvalue weighted by molar-refractivity contribution is 5.92. The first-order valence-corrected chi connectivity index (χ1v) is 9.94. The largest absolute Gasteiger partial charge is 0.433 e. The summed E-state index contributed by atoms with van der Waals surface area (Å²) in [5, 5.41) is 4.46. The molecule has 2 aliphatic rings. The number of benzene rings is 1. The number of rotatable bonds is 4. The smallest absolute Gasteiger partial charge is 0.368 e. The van der Waals surface area contributed by atoms with Gasteiger partial charge in [-0.05, 0) is 42.7 Å². The molecular formula is C21H26F3N3. The lowest BCUT2D eigenvalue weighted by molar-refractivity contribution is -0.140. The monoisotopic (exact) mass is 377 g/mol. The van der Waals surface area contributed by atoms with Crippen LogP contribution in [0, 0.1) is 11.8 Å². The van der Waals surface area contributed by atoms with Gasteiger partial charge in [-0.15, -0.1) is 0 Å². The minimum atomic E-state index is -4.44. The number of piperidine rings is 1. The van der Waals surface area contributed by atoms with E-state index >= 15 is 0 Å². The third-order valence-corrected chi connectivity index (χ3v) is 6.13. The summed E-state index contributed by atoms with van der Waals surface area (Å²) in [7, 11) is 0. The Balaban J connectivity index is 1.43. The third-order valence-electron chi connectivity index (χ3n) is 6.13. The molecule has 6 heteroatoms. The summed E-state index contributed by atoms with van der Waals surface area (Å²) >= 11 is 0. The van der Waals surface area contributed by atoms with Gasteiger partial charge in [0, 0.05) is 25.0 Å². The zero-order chi connectivity index (χ0) is 18.9. The van der Waals surface area contributed by atoms with E-state index in [-0.39, 0.29) is 0 Å². The first kappa shape index (κ1) is 18.5. The number of aromatic nitrogens is 1. The Morgan fingerprint density at radius 3 is 2.67 bits per heavy atom. The molecule has 1 saturated carbocycles. The van der Waals surface area contributed by atoms with Crippen LogP contribution in [0.5, 0.6) is 0 Å². The highest BCUT2D eigenvalue weighted by Gasteiger charge is 2.33. The first-order valence-electron chi connectivity index (χ1n) is 9.94. The van der Waals surface area contributed by atoms with Gasteiger partial charge in [0.15, 0.2) is 0 Å². The lowest BCUT2D eigenvalue weighted by Crippen LogP contribution is -2.43. The van der Waals surface area contributed by atoms with Crippen molar-refractivity contribution < 1.29 is 13.2 Å². The normalized spacial score (nSPS) is 24.0. The fraction of sp³-hybridized carbons (Fsp3) is 0.571. The Kier molecular flexibility index (Phi) is 5.26.